The van der Waals surface area contributed by atoms with E-state index < -0.39 is 5.97 Å². The molecule has 198 valence electrons. The van der Waals surface area contributed by atoms with Crippen molar-refractivity contribution in [3.05, 3.63) is 120 Å². The van der Waals surface area contributed by atoms with E-state index in [1.165, 1.54) is 0 Å². The van der Waals surface area contributed by atoms with Crippen LogP contribution >= 0.6 is 0 Å². The summed E-state index contributed by atoms with van der Waals surface area (Å²) < 4.78 is 3.74. The van der Waals surface area contributed by atoms with Crippen LogP contribution in [0, 0.1) is 0 Å². The maximum absolute atomic E-state index is 11.9. The Bertz CT molecular complexity index is 1830. The van der Waals surface area contributed by atoms with Gasteiger partial charge in [-0.15, -0.1) is 5.10 Å². The van der Waals surface area contributed by atoms with Crippen LogP contribution in [0.15, 0.2) is 97.3 Å². The molecule has 0 aliphatic carbocycles. The molecule has 0 spiro atoms. The van der Waals surface area contributed by atoms with E-state index in [2.05, 4.69) is 20.7 Å². The molecular weight excluding hydrogens is 504 g/mol. The Kier molecular flexibility index (Phi) is 6.45. The number of aromatic amines is 1. The molecular formula is C31H26N6O3. The molecule has 3 N–H and O–H groups in total. The highest BCUT2D eigenvalue weighted by atomic mass is 16.4. The molecule has 9 nitrogen and oxygen atoms in total. The van der Waals surface area contributed by atoms with Crippen molar-refractivity contribution >= 4 is 22.6 Å². The van der Waals surface area contributed by atoms with Crippen LogP contribution in [0.3, 0.4) is 0 Å². The zero-order chi connectivity index (χ0) is 27.6. The van der Waals surface area contributed by atoms with Crippen molar-refractivity contribution in [1.29, 1.82) is 0 Å². The largest absolute Gasteiger partial charge is 0.478 e. The van der Waals surface area contributed by atoms with Crippen LogP contribution in [0.2, 0.25) is 0 Å². The van der Waals surface area contributed by atoms with Gasteiger partial charge in [-0.2, -0.15) is 0 Å². The molecule has 0 saturated heterocycles. The van der Waals surface area contributed by atoms with E-state index in [1.54, 1.807) is 29.9 Å². The number of aromatic carboxylic acids is 1. The van der Waals surface area contributed by atoms with Crippen molar-refractivity contribution < 1.29 is 14.7 Å². The van der Waals surface area contributed by atoms with E-state index in [0.29, 0.717) is 24.0 Å². The first-order valence-corrected chi connectivity index (χ1v) is 12.8. The molecule has 0 bridgehead atoms. The number of carboxylic acid groups (broad SMARTS) is 1. The Balaban J connectivity index is 1.14. The fraction of sp³-hybridized carbons (Fsp3) is 0.0968. The molecule has 2 aromatic heterocycles. The summed E-state index contributed by atoms with van der Waals surface area (Å²) in [6.45, 7) is 1.12. The average Bonchev–Trinajstić information content (AvgIpc) is 3.43. The van der Waals surface area contributed by atoms with Crippen molar-refractivity contribution in [2.24, 2.45) is 0 Å². The van der Waals surface area contributed by atoms with Crippen LogP contribution in [0.5, 0.6) is 0 Å². The summed E-state index contributed by atoms with van der Waals surface area (Å²) in [6, 6.07) is 26.7. The lowest BCUT2D eigenvalue weighted by Crippen LogP contribution is -2.18. The lowest BCUT2D eigenvalue weighted by molar-refractivity contribution is 0.0698. The van der Waals surface area contributed by atoms with Crippen molar-refractivity contribution in [2.75, 3.05) is 7.05 Å². The number of nitrogens with one attached hydrogen (secondary N) is 2. The Labute approximate surface area is 229 Å². The summed E-state index contributed by atoms with van der Waals surface area (Å²) in [5.74, 6) is -1.04. The Morgan fingerprint density at radius 2 is 1.60 bits per heavy atom. The molecule has 0 unspecified atom stereocenters. The quantitative estimate of drug-likeness (QED) is 0.255. The molecule has 1 amide bonds. The summed E-state index contributed by atoms with van der Waals surface area (Å²) in [6.07, 6.45) is 3.93. The minimum atomic E-state index is -0.942. The van der Waals surface area contributed by atoms with Gasteiger partial charge in [0.2, 0.25) is 0 Å². The number of hydrogen-bond acceptors (Lipinski definition) is 4. The molecule has 40 heavy (non-hydrogen) atoms. The van der Waals surface area contributed by atoms with Gasteiger partial charge < -0.3 is 10.4 Å². The predicted molar refractivity (Wildman–Crippen MR) is 152 cm³/mol. The van der Waals surface area contributed by atoms with Gasteiger partial charge in [-0.3, -0.25) is 14.6 Å². The van der Waals surface area contributed by atoms with Crippen LogP contribution < -0.4 is 5.32 Å². The first-order chi connectivity index (χ1) is 19.5. The number of carboxylic acids is 1. The molecule has 0 radical (unpaired) electrons. The summed E-state index contributed by atoms with van der Waals surface area (Å²) in [5.41, 5.74) is 6.70. The summed E-state index contributed by atoms with van der Waals surface area (Å²) in [7, 11) is 1.63. The lowest BCUT2D eigenvalue weighted by Gasteiger charge is -2.16. The van der Waals surface area contributed by atoms with Gasteiger partial charge in [0.05, 0.1) is 30.5 Å². The molecule has 6 aromatic rings. The van der Waals surface area contributed by atoms with E-state index in [-0.39, 0.29) is 11.5 Å². The molecule has 0 aliphatic heterocycles. The summed E-state index contributed by atoms with van der Waals surface area (Å²) in [5, 5.41) is 25.8. The van der Waals surface area contributed by atoms with Gasteiger partial charge in [0.15, 0.2) is 0 Å². The highest BCUT2D eigenvalue weighted by Crippen LogP contribution is 2.26. The van der Waals surface area contributed by atoms with Crippen molar-refractivity contribution in [3.8, 4) is 22.5 Å². The number of nitrogens with zero attached hydrogens (tertiary/aromatic N) is 4. The summed E-state index contributed by atoms with van der Waals surface area (Å²) in [4.78, 5) is 23.5. The lowest BCUT2D eigenvalue weighted by atomic mass is 10.00. The van der Waals surface area contributed by atoms with E-state index in [9.17, 15) is 14.7 Å². The second kappa shape index (κ2) is 10.4. The van der Waals surface area contributed by atoms with E-state index >= 15 is 0 Å². The number of hydrogen-bond donors (Lipinski definition) is 3. The number of carbonyl (C=O) groups excluding carboxylic acids is 1. The highest BCUT2D eigenvalue weighted by Gasteiger charge is 2.12. The van der Waals surface area contributed by atoms with Gasteiger partial charge in [-0.1, -0.05) is 71.9 Å². The van der Waals surface area contributed by atoms with Gasteiger partial charge in [0, 0.05) is 29.9 Å². The molecule has 0 saturated carbocycles. The average molecular weight is 531 g/mol. The highest BCUT2D eigenvalue weighted by molar-refractivity contribution is 6.04. The molecule has 6 rings (SSSR count). The number of benzene rings is 4. The van der Waals surface area contributed by atoms with Crippen LogP contribution in [0.1, 0.15) is 31.8 Å². The van der Waals surface area contributed by atoms with Crippen molar-refractivity contribution in [3.63, 3.8) is 0 Å². The molecule has 0 aliphatic rings. The smallest absolute Gasteiger partial charge is 0.336 e. The Morgan fingerprint density at radius 3 is 2.38 bits per heavy atom. The number of fused-ring (bicyclic) bond motifs is 1. The maximum atomic E-state index is 11.9. The third kappa shape index (κ3) is 4.88. The van der Waals surface area contributed by atoms with Crippen LogP contribution in [0.25, 0.3) is 33.3 Å². The van der Waals surface area contributed by atoms with Gasteiger partial charge in [-0.25, -0.2) is 9.48 Å². The zero-order valence-electron chi connectivity index (χ0n) is 21.7. The fourth-order valence-corrected chi connectivity index (χ4v) is 4.88. The van der Waals surface area contributed by atoms with Crippen LogP contribution in [0.4, 0.5) is 0 Å². The zero-order valence-corrected chi connectivity index (χ0v) is 21.7. The van der Waals surface area contributed by atoms with Gasteiger partial charge in [0.1, 0.15) is 5.69 Å². The number of amides is 1. The van der Waals surface area contributed by atoms with Gasteiger partial charge >= 0.3 is 5.97 Å². The van der Waals surface area contributed by atoms with E-state index in [0.717, 1.165) is 39.0 Å². The topological polar surface area (TPSA) is 118 Å². The molecule has 9 heteroatoms. The number of H-pyrrole nitrogens is 1. The number of aromatic nitrogens is 5. The normalized spacial score (nSPS) is 11.1. The standard InChI is InChI=1S/C31H26N6O3/c1-32-30(38)23-6-2-5-20(15-23)16-36-19-29(34-36)22-13-11-21(12-14-22)28-18-37(35-33-28)17-24-7-3-9-26-25(24)8-4-10-27(26)31(39)40/h2-15,18-19,34H,16-17H2,1H3,(H,32,38)(H,39,40). The second-order valence-corrected chi connectivity index (χ2v) is 9.56. The Morgan fingerprint density at radius 1 is 0.875 bits per heavy atom. The van der Waals surface area contributed by atoms with E-state index in [1.807, 2.05) is 83.8 Å². The molecule has 0 atom stereocenters. The van der Waals surface area contributed by atoms with Crippen LogP contribution in [-0.2, 0) is 13.1 Å². The third-order valence-corrected chi connectivity index (χ3v) is 6.92. The fourth-order valence-electron chi connectivity index (χ4n) is 4.88. The molecule has 4 aromatic carbocycles. The molecule has 0 fully saturated rings. The SMILES string of the molecule is CNC(=O)c1cccc(Cn2cc(-c3ccc(-c4cn(Cc5cccc6c(C(=O)O)cccc56)nn4)cc3)[nH]2)c1. The molecule has 2 heterocycles. The first kappa shape index (κ1) is 24.9. The number of rotatable bonds is 8. The monoisotopic (exact) mass is 530 g/mol. The first-order valence-electron chi connectivity index (χ1n) is 12.8. The summed E-state index contributed by atoms with van der Waals surface area (Å²) >= 11 is 0. The minimum Gasteiger partial charge on any atom is -0.478 e. The number of carbonyl (C=O) groups is 2. The van der Waals surface area contributed by atoms with E-state index in [4.69, 9.17) is 0 Å². The maximum Gasteiger partial charge on any atom is 0.336 e. The van der Waals surface area contributed by atoms with Crippen molar-refractivity contribution in [2.45, 2.75) is 13.1 Å². The van der Waals surface area contributed by atoms with Gasteiger partial charge in [0.25, 0.3) is 5.91 Å². The minimum absolute atomic E-state index is 0.0994. The van der Waals surface area contributed by atoms with Crippen LogP contribution in [-0.4, -0.2) is 48.8 Å². The predicted octanol–water partition coefficient (Wildman–Crippen LogP) is 5.05. The third-order valence-electron chi connectivity index (χ3n) is 6.92. The van der Waals surface area contributed by atoms with Gasteiger partial charge in [-0.05, 0) is 40.1 Å². The van der Waals surface area contributed by atoms with Crippen molar-refractivity contribution in [1.82, 2.24) is 30.1 Å². The second-order valence-electron chi connectivity index (χ2n) is 9.56. The Hall–Kier alpha value is -5.44.